The molecule has 0 saturated carbocycles. The van der Waals surface area contributed by atoms with Crippen molar-refractivity contribution in [3.8, 4) is 0 Å². The molecule has 0 fully saturated rings. The third-order valence-electron chi connectivity index (χ3n) is 2.43. The van der Waals surface area contributed by atoms with E-state index in [0.717, 1.165) is 11.4 Å². The monoisotopic (exact) mass is 247 g/mol. The van der Waals surface area contributed by atoms with Crippen LogP contribution >= 0.6 is 11.3 Å². The van der Waals surface area contributed by atoms with Crippen LogP contribution in [0.3, 0.4) is 0 Å². The molecule has 2 heterocycles. The average molecular weight is 247 g/mol. The summed E-state index contributed by atoms with van der Waals surface area (Å²) < 4.78 is 0. The smallest absolute Gasteiger partial charge is 0.263 e. The molecule has 4 nitrogen and oxygen atoms in total. The van der Waals surface area contributed by atoms with Crippen molar-refractivity contribution in [1.82, 2.24) is 15.3 Å². The quantitative estimate of drug-likeness (QED) is 0.905. The van der Waals surface area contributed by atoms with E-state index in [1.54, 1.807) is 11.7 Å². The van der Waals surface area contributed by atoms with Gasteiger partial charge in [-0.3, -0.25) is 9.78 Å². The van der Waals surface area contributed by atoms with Crippen molar-refractivity contribution < 1.29 is 4.79 Å². The second-order valence-electron chi connectivity index (χ2n) is 3.72. The van der Waals surface area contributed by atoms with Crippen LogP contribution in [0.2, 0.25) is 0 Å². The van der Waals surface area contributed by atoms with Gasteiger partial charge in [-0.25, -0.2) is 4.98 Å². The Morgan fingerprint density at radius 1 is 1.41 bits per heavy atom. The fraction of sp³-hybridized carbons (Fsp3) is 0.250. The number of nitrogens with one attached hydrogen (secondary N) is 1. The Kier molecular flexibility index (Phi) is 3.49. The standard InChI is InChI=1S/C12H13N3OS/c1-8(10-5-3-4-6-13-10)15-12(16)11-9(2)14-7-17-11/h3-8H,1-2H3,(H,15,16)/t8-/m0/s1. The predicted octanol–water partition coefficient (Wildman–Crippen LogP) is 2.34. The summed E-state index contributed by atoms with van der Waals surface area (Å²) in [4.78, 5) is 20.9. The Morgan fingerprint density at radius 2 is 2.24 bits per heavy atom. The Bertz CT molecular complexity index is 509. The molecule has 0 saturated heterocycles. The molecule has 0 spiro atoms. The van der Waals surface area contributed by atoms with Gasteiger partial charge in [0.1, 0.15) is 4.88 Å². The van der Waals surface area contributed by atoms with Gasteiger partial charge in [0.2, 0.25) is 0 Å². The van der Waals surface area contributed by atoms with Gasteiger partial charge in [0.15, 0.2) is 0 Å². The molecule has 2 aromatic rings. The van der Waals surface area contributed by atoms with Crippen LogP contribution in [0.4, 0.5) is 0 Å². The maximum Gasteiger partial charge on any atom is 0.263 e. The molecule has 2 rings (SSSR count). The first-order valence-corrected chi connectivity index (χ1v) is 6.18. The lowest BCUT2D eigenvalue weighted by Gasteiger charge is -2.12. The number of carbonyl (C=O) groups is 1. The van der Waals surface area contributed by atoms with E-state index in [1.165, 1.54) is 11.3 Å². The molecule has 88 valence electrons. The van der Waals surface area contributed by atoms with E-state index in [4.69, 9.17) is 0 Å². The molecule has 0 aliphatic heterocycles. The largest absolute Gasteiger partial charge is 0.343 e. The van der Waals surface area contributed by atoms with Gasteiger partial charge in [0.25, 0.3) is 5.91 Å². The Balaban J connectivity index is 2.08. The molecule has 0 bridgehead atoms. The van der Waals surface area contributed by atoms with Gasteiger partial charge in [0.05, 0.1) is 22.9 Å². The highest BCUT2D eigenvalue weighted by molar-refractivity contribution is 7.11. The zero-order valence-corrected chi connectivity index (χ0v) is 10.5. The topological polar surface area (TPSA) is 54.9 Å². The zero-order valence-electron chi connectivity index (χ0n) is 9.68. The highest BCUT2D eigenvalue weighted by atomic mass is 32.1. The van der Waals surface area contributed by atoms with Crippen LogP contribution < -0.4 is 5.32 Å². The molecule has 17 heavy (non-hydrogen) atoms. The number of carbonyl (C=O) groups excluding carboxylic acids is 1. The lowest BCUT2D eigenvalue weighted by Crippen LogP contribution is -2.27. The lowest BCUT2D eigenvalue weighted by molar-refractivity contribution is 0.0942. The van der Waals surface area contributed by atoms with Crippen LogP contribution in [0.1, 0.15) is 34.0 Å². The first-order chi connectivity index (χ1) is 8.18. The summed E-state index contributed by atoms with van der Waals surface area (Å²) in [5, 5.41) is 2.91. The summed E-state index contributed by atoms with van der Waals surface area (Å²) in [5.74, 6) is -0.0943. The number of amides is 1. The van der Waals surface area contributed by atoms with Crippen molar-refractivity contribution in [3.63, 3.8) is 0 Å². The molecular formula is C12H13N3OS. The Morgan fingerprint density at radius 3 is 2.82 bits per heavy atom. The van der Waals surface area contributed by atoms with E-state index >= 15 is 0 Å². The summed E-state index contributed by atoms with van der Waals surface area (Å²) in [6.07, 6.45) is 1.72. The molecule has 1 atom stereocenters. The molecule has 0 aromatic carbocycles. The summed E-state index contributed by atoms with van der Waals surface area (Å²) in [5.41, 5.74) is 3.29. The molecule has 2 aromatic heterocycles. The van der Waals surface area contributed by atoms with Crippen LogP contribution in [0, 0.1) is 6.92 Å². The van der Waals surface area contributed by atoms with Gasteiger partial charge in [-0.15, -0.1) is 11.3 Å². The van der Waals surface area contributed by atoms with Crippen LogP contribution in [0.15, 0.2) is 29.9 Å². The fourth-order valence-corrected chi connectivity index (χ4v) is 2.19. The number of nitrogens with zero attached hydrogens (tertiary/aromatic N) is 2. The molecule has 0 aliphatic carbocycles. The van der Waals surface area contributed by atoms with Crippen LogP contribution in [-0.4, -0.2) is 15.9 Å². The van der Waals surface area contributed by atoms with E-state index in [2.05, 4.69) is 15.3 Å². The first kappa shape index (κ1) is 11.7. The van der Waals surface area contributed by atoms with E-state index in [1.807, 2.05) is 32.0 Å². The van der Waals surface area contributed by atoms with Crippen LogP contribution in [0.25, 0.3) is 0 Å². The third-order valence-corrected chi connectivity index (χ3v) is 3.36. The zero-order chi connectivity index (χ0) is 12.3. The third kappa shape index (κ3) is 2.68. The Hall–Kier alpha value is -1.75. The highest BCUT2D eigenvalue weighted by Crippen LogP contribution is 2.14. The molecule has 1 amide bonds. The second kappa shape index (κ2) is 5.05. The van der Waals surface area contributed by atoms with E-state index < -0.39 is 0 Å². The fourth-order valence-electron chi connectivity index (χ4n) is 1.49. The van der Waals surface area contributed by atoms with Gasteiger partial charge < -0.3 is 5.32 Å². The van der Waals surface area contributed by atoms with Crippen LogP contribution in [0.5, 0.6) is 0 Å². The maximum atomic E-state index is 11.9. The maximum absolute atomic E-state index is 11.9. The number of aryl methyl sites for hydroxylation is 1. The number of hydrogen-bond donors (Lipinski definition) is 1. The minimum atomic E-state index is -0.106. The molecule has 5 heteroatoms. The predicted molar refractivity (Wildman–Crippen MR) is 67.0 cm³/mol. The normalized spacial score (nSPS) is 12.1. The average Bonchev–Trinajstić information content (AvgIpc) is 2.76. The van der Waals surface area contributed by atoms with E-state index in [-0.39, 0.29) is 11.9 Å². The van der Waals surface area contributed by atoms with Gasteiger partial charge in [-0.2, -0.15) is 0 Å². The van der Waals surface area contributed by atoms with Crippen molar-refractivity contribution in [2.24, 2.45) is 0 Å². The molecule has 0 radical (unpaired) electrons. The first-order valence-electron chi connectivity index (χ1n) is 5.30. The van der Waals surface area contributed by atoms with E-state index in [9.17, 15) is 4.79 Å². The SMILES string of the molecule is Cc1ncsc1C(=O)N[C@@H](C)c1ccccn1. The van der Waals surface area contributed by atoms with Gasteiger partial charge >= 0.3 is 0 Å². The minimum Gasteiger partial charge on any atom is -0.343 e. The molecular weight excluding hydrogens is 234 g/mol. The lowest BCUT2D eigenvalue weighted by atomic mass is 10.2. The Labute approximate surface area is 104 Å². The number of pyridine rings is 1. The van der Waals surface area contributed by atoms with Gasteiger partial charge in [-0.05, 0) is 26.0 Å². The summed E-state index contributed by atoms with van der Waals surface area (Å²) in [6.45, 7) is 3.74. The molecule has 0 unspecified atom stereocenters. The van der Waals surface area contributed by atoms with Crippen LogP contribution in [-0.2, 0) is 0 Å². The number of thiazole rings is 1. The van der Waals surface area contributed by atoms with Gasteiger partial charge in [-0.1, -0.05) is 6.07 Å². The summed E-state index contributed by atoms with van der Waals surface area (Å²) in [6, 6.07) is 5.55. The minimum absolute atomic E-state index is 0.0943. The van der Waals surface area contributed by atoms with E-state index in [0.29, 0.717) is 4.88 Å². The number of hydrogen-bond acceptors (Lipinski definition) is 4. The second-order valence-corrected chi connectivity index (χ2v) is 4.57. The summed E-state index contributed by atoms with van der Waals surface area (Å²) in [7, 11) is 0. The van der Waals surface area contributed by atoms with Crippen molar-refractivity contribution in [2.75, 3.05) is 0 Å². The number of rotatable bonds is 3. The molecule has 1 N–H and O–H groups in total. The van der Waals surface area contributed by atoms with Gasteiger partial charge in [0, 0.05) is 6.20 Å². The van der Waals surface area contributed by atoms with Crippen molar-refractivity contribution >= 4 is 17.2 Å². The van der Waals surface area contributed by atoms with Crippen molar-refractivity contribution in [1.29, 1.82) is 0 Å². The summed E-state index contributed by atoms with van der Waals surface area (Å²) >= 11 is 1.35. The van der Waals surface area contributed by atoms with Crippen molar-refractivity contribution in [2.45, 2.75) is 19.9 Å². The number of aromatic nitrogens is 2. The molecule has 0 aliphatic rings. The highest BCUT2D eigenvalue weighted by Gasteiger charge is 2.15. The van der Waals surface area contributed by atoms with Crippen molar-refractivity contribution in [3.05, 3.63) is 46.2 Å².